The molecule has 2 fully saturated rings. The van der Waals surface area contributed by atoms with Crippen LogP contribution >= 0.6 is 0 Å². The molecule has 2 aliphatic rings. The standard InChI is InChI=1S/C26H26N8O4S/c1-37-22-5-3-20(15-29-22)32-39(36)10-8-33(9-11-39)21-4-2-18(13-28-21)24-25-19(12-27)14-30-34(25)16-23(31-24)38-17-26(35)6-7-26/h2-5,13-16,35H,6-11,17H2,1H3. The third-order valence-corrected chi connectivity index (χ3v) is 9.00. The Kier molecular flexibility index (Phi) is 6.28. The van der Waals surface area contributed by atoms with Crippen LogP contribution in [-0.2, 0) is 9.73 Å². The van der Waals surface area contributed by atoms with Gasteiger partial charge < -0.3 is 19.5 Å². The van der Waals surface area contributed by atoms with Crippen LogP contribution in [0.2, 0.25) is 0 Å². The van der Waals surface area contributed by atoms with Gasteiger partial charge in [0.2, 0.25) is 11.8 Å². The number of fused-ring (bicyclic) bond motifs is 1. The van der Waals surface area contributed by atoms with Crippen LogP contribution in [0.5, 0.6) is 11.8 Å². The Labute approximate surface area is 225 Å². The molecule has 0 bridgehead atoms. The number of aliphatic hydroxyl groups is 1. The Bertz CT molecular complexity index is 1670. The quantitative estimate of drug-likeness (QED) is 0.366. The van der Waals surface area contributed by atoms with Gasteiger partial charge in [-0.15, -0.1) is 0 Å². The molecule has 0 amide bonds. The van der Waals surface area contributed by atoms with Crippen LogP contribution in [0.1, 0.15) is 18.4 Å². The van der Waals surface area contributed by atoms with E-state index in [1.165, 1.54) is 6.20 Å². The maximum absolute atomic E-state index is 13.3. The Balaban J connectivity index is 1.21. The van der Waals surface area contributed by atoms with Gasteiger partial charge in [-0.25, -0.2) is 23.7 Å². The molecule has 13 heteroatoms. The number of hydrogen-bond acceptors (Lipinski definition) is 11. The number of rotatable bonds is 7. The average molecular weight is 547 g/mol. The second-order valence-corrected chi connectivity index (χ2v) is 12.2. The van der Waals surface area contributed by atoms with Crippen molar-refractivity contribution >= 4 is 26.8 Å². The summed E-state index contributed by atoms with van der Waals surface area (Å²) in [5, 5.41) is 24.0. The summed E-state index contributed by atoms with van der Waals surface area (Å²) in [5.74, 6) is 2.36. The minimum Gasteiger partial charge on any atom is -0.481 e. The first-order chi connectivity index (χ1) is 18.9. The van der Waals surface area contributed by atoms with Crippen molar-refractivity contribution in [1.29, 1.82) is 5.26 Å². The number of methoxy groups -OCH3 is 1. The van der Waals surface area contributed by atoms with E-state index in [1.54, 1.807) is 42.3 Å². The highest BCUT2D eigenvalue weighted by atomic mass is 32.2. The van der Waals surface area contributed by atoms with Crippen LogP contribution in [0.4, 0.5) is 11.5 Å². The van der Waals surface area contributed by atoms with Gasteiger partial charge in [0, 0.05) is 42.4 Å². The van der Waals surface area contributed by atoms with Crippen LogP contribution in [0.15, 0.2) is 53.4 Å². The largest absolute Gasteiger partial charge is 0.481 e. The average Bonchev–Trinajstić information content (AvgIpc) is 3.55. The summed E-state index contributed by atoms with van der Waals surface area (Å²) in [6.45, 7) is 1.25. The summed E-state index contributed by atoms with van der Waals surface area (Å²) >= 11 is 0. The molecule has 1 saturated heterocycles. The number of nitriles is 1. The molecule has 4 aromatic heterocycles. The smallest absolute Gasteiger partial charge is 0.233 e. The lowest BCUT2D eigenvalue weighted by molar-refractivity contribution is 0.0831. The molecule has 5 heterocycles. The molecule has 200 valence electrons. The maximum atomic E-state index is 13.3. The van der Waals surface area contributed by atoms with Crippen molar-refractivity contribution < 1.29 is 18.8 Å². The molecule has 1 aliphatic carbocycles. The first-order valence-corrected chi connectivity index (χ1v) is 14.3. The highest BCUT2D eigenvalue weighted by Crippen LogP contribution is 2.36. The van der Waals surface area contributed by atoms with Crippen molar-refractivity contribution in [2.45, 2.75) is 18.4 Å². The maximum Gasteiger partial charge on any atom is 0.233 e. The van der Waals surface area contributed by atoms with Crippen molar-refractivity contribution in [2.75, 3.05) is 43.2 Å². The fourth-order valence-corrected chi connectivity index (χ4v) is 6.23. The molecule has 6 rings (SSSR count). The Morgan fingerprint density at radius 1 is 1.13 bits per heavy atom. The van der Waals surface area contributed by atoms with E-state index in [0.29, 0.717) is 77.2 Å². The monoisotopic (exact) mass is 546 g/mol. The van der Waals surface area contributed by atoms with Gasteiger partial charge in [0.1, 0.15) is 35.3 Å². The van der Waals surface area contributed by atoms with Gasteiger partial charge in [0.15, 0.2) is 0 Å². The minimum absolute atomic E-state index is 0.147. The third-order valence-electron chi connectivity index (χ3n) is 6.82. The number of hydrogen-bond donors (Lipinski definition) is 1. The van der Waals surface area contributed by atoms with E-state index in [4.69, 9.17) is 9.47 Å². The number of anilines is 1. The second-order valence-electron chi connectivity index (χ2n) is 9.63. The predicted octanol–water partition coefficient (Wildman–Crippen LogP) is 2.59. The first-order valence-electron chi connectivity index (χ1n) is 12.4. The molecule has 1 saturated carbocycles. The fourth-order valence-electron chi connectivity index (χ4n) is 4.33. The van der Waals surface area contributed by atoms with Gasteiger partial charge >= 0.3 is 0 Å². The van der Waals surface area contributed by atoms with Crippen LogP contribution in [0.25, 0.3) is 16.8 Å². The lowest BCUT2D eigenvalue weighted by Crippen LogP contribution is -2.40. The normalized spacial score (nSPS) is 17.4. The number of nitrogens with zero attached hydrogens (tertiary/aromatic N) is 8. The Morgan fingerprint density at radius 2 is 1.95 bits per heavy atom. The van der Waals surface area contributed by atoms with Gasteiger partial charge in [-0.1, -0.05) is 0 Å². The van der Waals surface area contributed by atoms with Crippen LogP contribution < -0.4 is 14.4 Å². The predicted molar refractivity (Wildman–Crippen MR) is 144 cm³/mol. The van der Waals surface area contributed by atoms with Gasteiger partial charge in [-0.3, -0.25) is 0 Å². The van der Waals surface area contributed by atoms with E-state index in [1.807, 2.05) is 12.1 Å². The molecule has 0 radical (unpaired) electrons. The van der Waals surface area contributed by atoms with Crippen molar-refractivity contribution in [3.05, 3.63) is 54.6 Å². The van der Waals surface area contributed by atoms with Gasteiger partial charge in [0.25, 0.3) is 0 Å². The molecule has 12 nitrogen and oxygen atoms in total. The first kappa shape index (κ1) is 25.0. The molecule has 0 aromatic carbocycles. The number of aromatic nitrogens is 5. The molecule has 0 spiro atoms. The van der Waals surface area contributed by atoms with Gasteiger partial charge in [-0.05, 0) is 31.0 Å². The lowest BCUT2D eigenvalue weighted by atomic mass is 10.1. The molecule has 39 heavy (non-hydrogen) atoms. The van der Waals surface area contributed by atoms with E-state index < -0.39 is 15.3 Å². The summed E-state index contributed by atoms with van der Waals surface area (Å²) in [5.41, 5.74) is 1.92. The highest BCUT2D eigenvalue weighted by Gasteiger charge is 2.41. The molecular formula is C26H26N8O4S. The van der Waals surface area contributed by atoms with E-state index in [0.717, 1.165) is 5.82 Å². The summed E-state index contributed by atoms with van der Waals surface area (Å²) in [6.07, 6.45) is 7.75. The van der Waals surface area contributed by atoms with Gasteiger partial charge in [-0.2, -0.15) is 14.7 Å². The van der Waals surface area contributed by atoms with Gasteiger partial charge in [0.05, 0.1) is 46.7 Å². The van der Waals surface area contributed by atoms with E-state index in [-0.39, 0.29) is 6.61 Å². The topological polar surface area (TPSA) is 151 Å². The molecule has 0 atom stereocenters. The van der Waals surface area contributed by atoms with Crippen LogP contribution in [0.3, 0.4) is 0 Å². The van der Waals surface area contributed by atoms with Crippen LogP contribution in [0, 0.1) is 11.3 Å². The summed E-state index contributed by atoms with van der Waals surface area (Å²) in [6, 6.07) is 9.38. The number of ether oxygens (including phenoxy) is 2. The van der Waals surface area contributed by atoms with E-state index >= 15 is 0 Å². The van der Waals surface area contributed by atoms with Crippen molar-refractivity contribution in [1.82, 2.24) is 24.6 Å². The zero-order chi connectivity index (χ0) is 27.0. The molecule has 0 unspecified atom stereocenters. The van der Waals surface area contributed by atoms with Crippen LogP contribution in [-0.4, -0.2) is 77.8 Å². The molecule has 1 aliphatic heterocycles. The van der Waals surface area contributed by atoms with E-state index in [2.05, 4.69) is 35.4 Å². The van der Waals surface area contributed by atoms with Crippen molar-refractivity contribution in [3.8, 4) is 29.1 Å². The highest BCUT2D eigenvalue weighted by molar-refractivity contribution is 7.93. The molecular weight excluding hydrogens is 520 g/mol. The molecule has 4 aromatic rings. The Hall–Kier alpha value is -4.28. The SMILES string of the molecule is COc1ccc(N=S2(=O)CCN(c3ccc(-c4nc(OCC5(O)CC5)cn5ncc(C#N)c45)cn3)CC2)cn1. The minimum atomic E-state index is -2.40. The summed E-state index contributed by atoms with van der Waals surface area (Å²) in [7, 11) is -0.861. The zero-order valence-electron chi connectivity index (χ0n) is 21.2. The van der Waals surface area contributed by atoms with E-state index in [9.17, 15) is 14.6 Å². The number of pyridine rings is 2. The van der Waals surface area contributed by atoms with Crippen molar-refractivity contribution in [3.63, 3.8) is 0 Å². The summed E-state index contributed by atoms with van der Waals surface area (Å²) < 4.78 is 30.2. The molecule has 1 N–H and O–H groups in total. The fraction of sp³-hybridized carbons (Fsp3) is 0.346. The lowest BCUT2D eigenvalue weighted by Gasteiger charge is -2.29. The zero-order valence-corrected chi connectivity index (χ0v) is 22.0. The Morgan fingerprint density at radius 3 is 2.59 bits per heavy atom. The van der Waals surface area contributed by atoms with Crippen molar-refractivity contribution in [2.24, 2.45) is 4.36 Å². The third kappa shape index (κ3) is 5.21. The summed E-state index contributed by atoms with van der Waals surface area (Å²) in [4.78, 5) is 15.5. The second kappa shape index (κ2) is 9.79.